The molecule has 0 saturated heterocycles. The van der Waals surface area contributed by atoms with Crippen molar-refractivity contribution in [1.29, 1.82) is 0 Å². The molecule has 0 aliphatic heterocycles. The largest absolute Gasteiger partial charge is 0.436 e. The lowest BCUT2D eigenvalue weighted by Gasteiger charge is -2.01. The summed E-state index contributed by atoms with van der Waals surface area (Å²) in [6.45, 7) is 0. The highest BCUT2D eigenvalue weighted by Crippen LogP contribution is 2.32. The van der Waals surface area contributed by atoms with Crippen molar-refractivity contribution in [3.63, 3.8) is 0 Å². The van der Waals surface area contributed by atoms with E-state index in [1.807, 2.05) is 12.1 Å². The van der Waals surface area contributed by atoms with Gasteiger partial charge in [-0.25, -0.2) is 4.98 Å². The third kappa shape index (κ3) is 3.58. The second-order valence-corrected chi connectivity index (χ2v) is 7.33. The van der Waals surface area contributed by atoms with Gasteiger partial charge in [-0.3, -0.25) is 14.9 Å². The molecule has 4 aromatic rings. The van der Waals surface area contributed by atoms with E-state index in [9.17, 15) is 14.9 Å². The summed E-state index contributed by atoms with van der Waals surface area (Å²) in [6.07, 6.45) is 0. The van der Waals surface area contributed by atoms with Crippen molar-refractivity contribution < 1.29 is 18.6 Å². The van der Waals surface area contributed by atoms with Gasteiger partial charge in [0.15, 0.2) is 11.3 Å². The number of amides is 1. The molecule has 2 aromatic carbocycles. The lowest BCUT2D eigenvalue weighted by molar-refractivity contribution is -0.402. The predicted molar refractivity (Wildman–Crippen MR) is 110 cm³/mol. The average molecular weight is 510 g/mol. The van der Waals surface area contributed by atoms with E-state index in [1.54, 1.807) is 24.3 Å². The Morgan fingerprint density at radius 2 is 1.96 bits per heavy atom. The molecule has 28 heavy (non-hydrogen) atoms. The van der Waals surface area contributed by atoms with Gasteiger partial charge in [-0.05, 0) is 65.1 Å². The van der Waals surface area contributed by atoms with Crippen molar-refractivity contribution in [3.8, 4) is 11.5 Å². The number of carbonyl (C=O) groups excluding carboxylic acids is 1. The first-order chi connectivity index (χ1) is 13.4. The Balaban J connectivity index is 1.62. The van der Waals surface area contributed by atoms with Crippen LogP contribution in [0.15, 0.2) is 57.4 Å². The van der Waals surface area contributed by atoms with Crippen LogP contribution >= 0.6 is 34.2 Å². The number of nitrogens with zero attached hydrogens (tertiary/aromatic N) is 2. The Morgan fingerprint density at radius 1 is 1.14 bits per heavy atom. The predicted octanol–water partition coefficient (Wildman–Crippen LogP) is 5.51. The second-order valence-electron chi connectivity index (χ2n) is 5.67. The van der Waals surface area contributed by atoms with Crippen molar-refractivity contribution in [3.05, 3.63) is 73.0 Å². The minimum atomic E-state index is -0.713. The highest BCUT2D eigenvalue weighted by Gasteiger charge is 2.18. The molecule has 8 nitrogen and oxygen atoms in total. The normalized spacial score (nSPS) is 10.9. The lowest BCUT2D eigenvalue weighted by Crippen LogP contribution is -2.10. The van der Waals surface area contributed by atoms with E-state index < -0.39 is 16.7 Å². The van der Waals surface area contributed by atoms with E-state index in [0.717, 1.165) is 9.64 Å². The fourth-order valence-electron chi connectivity index (χ4n) is 2.52. The van der Waals surface area contributed by atoms with E-state index in [2.05, 4.69) is 32.9 Å². The number of fused-ring (bicyclic) bond motifs is 1. The van der Waals surface area contributed by atoms with Gasteiger partial charge in [0.05, 0.1) is 16.7 Å². The zero-order valence-corrected chi connectivity index (χ0v) is 16.7. The van der Waals surface area contributed by atoms with E-state index in [0.29, 0.717) is 33.3 Å². The molecule has 0 saturated carbocycles. The van der Waals surface area contributed by atoms with Crippen LogP contribution in [0.2, 0.25) is 5.02 Å². The molecule has 0 unspecified atom stereocenters. The average Bonchev–Trinajstić information content (AvgIpc) is 3.30. The summed E-state index contributed by atoms with van der Waals surface area (Å²) < 4.78 is 11.6. The molecular weight excluding hydrogens is 501 g/mol. The molecule has 0 atom stereocenters. The number of hydrogen-bond acceptors (Lipinski definition) is 6. The number of oxazole rings is 1. The standard InChI is InChI=1S/C18H9ClIN3O5/c19-12-3-1-9(20)7-11(12)18-22-13-8-10(2-4-14(13)28-18)21-17(24)15-5-6-16(27-15)23(25)26/h1-8H,(H,21,24). The summed E-state index contributed by atoms with van der Waals surface area (Å²) in [7, 11) is 0. The van der Waals surface area contributed by atoms with Crippen LogP contribution in [0.1, 0.15) is 10.6 Å². The van der Waals surface area contributed by atoms with Gasteiger partial charge in [0.25, 0.3) is 5.91 Å². The number of furan rings is 1. The van der Waals surface area contributed by atoms with Gasteiger partial charge in [0.1, 0.15) is 10.4 Å². The zero-order valence-electron chi connectivity index (χ0n) is 13.8. The molecule has 2 aromatic heterocycles. The van der Waals surface area contributed by atoms with E-state index in [-0.39, 0.29) is 5.76 Å². The van der Waals surface area contributed by atoms with Crippen LogP contribution in [0, 0.1) is 13.7 Å². The van der Waals surface area contributed by atoms with Crippen LogP contribution in [-0.2, 0) is 0 Å². The topological polar surface area (TPSA) is 111 Å². The van der Waals surface area contributed by atoms with Crippen LogP contribution in [0.4, 0.5) is 11.6 Å². The van der Waals surface area contributed by atoms with Gasteiger partial charge in [0, 0.05) is 9.26 Å². The maximum absolute atomic E-state index is 12.2. The number of rotatable bonds is 4. The lowest BCUT2D eigenvalue weighted by atomic mass is 10.2. The fraction of sp³-hybridized carbons (Fsp3) is 0. The quantitative estimate of drug-likeness (QED) is 0.221. The maximum Gasteiger partial charge on any atom is 0.433 e. The number of carbonyl (C=O) groups is 1. The molecule has 4 rings (SSSR count). The Morgan fingerprint density at radius 3 is 2.71 bits per heavy atom. The number of anilines is 1. The molecule has 0 spiro atoms. The molecule has 0 bridgehead atoms. The molecule has 0 aliphatic carbocycles. The number of nitrogens with one attached hydrogen (secondary N) is 1. The molecule has 0 fully saturated rings. The summed E-state index contributed by atoms with van der Waals surface area (Å²) >= 11 is 8.40. The minimum Gasteiger partial charge on any atom is -0.436 e. The van der Waals surface area contributed by atoms with Gasteiger partial charge in [0.2, 0.25) is 5.89 Å². The Hall–Kier alpha value is -2.92. The molecule has 140 valence electrons. The van der Waals surface area contributed by atoms with Crippen molar-refractivity contribution in [1.82, 2.24) is 4.98 Å². The van der Waals surface area contributed by atoms with Gasteiger partial charge in [-0.1, -0.05) is 11.6 Å². The summed E-state index contributed by atoms with van der Waals surface area (Å²) in [5.41, 5.74) is 2.15. The van der Waals surface area contributed by atoms with Crippen LogP contribution in [0.25, 0.3) is 22.6 Å². The molecule has 1 amide bonds. The highest BCUT2D eigenvalue weighted by molar-refractivity contribution is 14.1. The first kappa shape index (κ1) is 18.4. The molecule has 1 N–H and O–H groups in total. The first-order valence-corrected chi connectivity index (χ1v) is 9.28. The third-order valence-corrected chi connectivity index (χ3v) is 4.80. The minimum absolute atomic E-state index is 0.168. The van der Waals surface area contributed by atoms with Crippen LogP contribution in [0.3, 0.4) is 0 Å². The monoisotopic (exact) mass is 509 g/mol. The van der Waals surface area contributed by atoms with E-state index in [1.165, 1.54) is 6.07 Å². The number of nitro groups is 1. The van der Waals surface area contributed by atoms with Crippen molar-refractivity contribution in [2.75, 3.05) is 5.32 Å². The summed E-state index contributed by atoms with van der Waals surface area (Å²) in [4.78, 5) is 26.6. The van der Waals surface area contributed by atoms with Gasteiger partial charge < -0.3 is 14.2 Å². The van der Waals surface area contributed by atoms with Crippen LogP contribution in [0.5, 0.6) is 0 Å². The molecule has 0 aliphatic rings. The third-order valence-electron chi connectivity index (χ3n) is 3.80. The van der Waals surface area contributed by atoms with Crippen molar-refractivity contribution in [2.24, 2.45) is 0 Å². The molecule has 10 heteroatoms. The van der Waals surface area contributed by atoms with Gasteiger partial charge >= 0.3 is 5.88 Å². The first-order valence-electron chi connectivity index (χ1n) is 7.82. The van der Waals surface area contributed by atoms with Crippen LogP contribution in [-0.4, -0.2) is 15.8 Å². The Labute approximate surface area is 175 Å². The fourth-order valence-corrected chi connectivity index (χ4v) is 3.21. The number of aromatic nitrogens is 1. The number of hydrogen-bond donors (Lipinski definition) is 1. The Bertz CT molecular complexity index is 1230. The number of benzene rings is 2. The van der Waals surface area contributed by atoms with Crippen molar-refractivity contribution in [2.45, 2.75) is 0 Å². The Kier molecular flexibility index (Phi) is 4.77. The maximum atomic E-state index is 12.2. The zero-order chi connectivity index (χ0) is 19.8. The molecule has 2 heterocycles. The summed E-state index contributed by atoms with van der Waals surface area (Å²) in [6, 6.07) is 12.8. The van der Waals surface area contributed by atoms with E-state index in [4.69, 9.17) is 20.4 Å². The summed E-state index contributed by atoms with van der Waals surface area (Å²) in [5.74, 6) is -0.921. The second kappa shape index (κ2) is 7.24. The SMILES string of the molecule is O=C(Nc1ccc2oc(-c3cc(I)ccc3Cl)nc2c1)c1ccc([N+](=O)[O-])o1. The molecular formula is C18H9ClIN3O5. The van der Waals surface area contributed by atoms with E-state index >= 15 is 0 Å². The van der Waals surface area contributed by atoms with Gasteiger partial charge in [-0.2, -0.15) is 0 Å². The summed E-state index contributed by atoms with van der Waals surface area (Å²) in [5, 5.41) is 13.8. The van der Waals surface area contributed by atoms with Gasteiger partial charge in [-0.15, -0.1) is 0 Å². The van der Waals surface area contributed by atoms with Crippen LogP contribution < -0.4 is 5.32 Å². The molecule has 0 radical (unpaired) electrons. The highest BCUT2D eigenvalue weighted by atomic mass is 127. The smallest absolute Gasteiger partial charge is 0.433 e. The number of halogens is 2. The van der Waals surface area contributed by atoms with Crippen molar-refractivity contribution >= 4 is 62.8 Å².